The Morgan fingerprint density at radius 1 is 1.08 bits per heavy atom. The summed E-state index contributed by atoms with van der Waals surface area (Å²) in [5, 5.41) is 3.95. The Hall–Kier alpha value is -2.04. The molecule has 0 amide bonds. The van der Waals surface area contributed by atoms with Crippen LogP contribution >= 0.6 is 0 Å². The SMILES string of the molecule is COc1ccc2c(c1)C1CN(C)CCC1NC2c1ccc(N(C)C)cc1. The predicted octanol–water partition coefficient (Wildman–Crippen LogP) is 3.24. The van der Waals surface area contributed by atoms with E-state index in [9.17, 15) is 0 Å². The Balaban J connectivity index is 1.75. The number of likely N-dealkylation sites (N-methyl/N-ethyl adjacent to an activating group) is 1. The number of fused-ring (bicyclic) bond motifs is 3. The van der Waals surface area contributed by atoms with E-state index in [0.717, 1.165) is 18.8 Å². The Morgan fingerprint density at radius 2 is 1.85 bits per heavy atom. The molecule has 4 heteroatoms. The number of rotatable bonds is 3. The van der Waals surface area contributed by atoms with E-state index >= 15 is 0 Å². The fourth-order valence-electron chi connectivity index (χ4n) is 4.44. The first-order valence-corrected chi connectivity index (χ1v) is 9.46. The van der Waals surface area contributed by atoms with Gasteiger partial charge in [0.2, 0.25) is 0 Å². The molecular weight excluding hydrogens is 322 g/mol. The van der Waals surface area contributed by atoms with E-state index in [1.54, 1.807) is 7.11 Å². The topological polar surface area (TPSA) is 27.7 Å². The summed E-state index contributed by atoms with van der Waals surface area (Å²) < 4.78 is 5.53. The predicted molar refractivity (Wildman–Crippen MR) is 107 cm³/mol. The van der Waals surface area contributed by atoms with E-state index in [1.807, 2.05) is 0 Å². The summed E-state index contributed by atoms with van der Waals surface area (Å²) in [4.78, 5) is 4.59. The Kier molecular flexibility index (Phi) is 4.63. The third-order valence-electron chi connectivity index (χ3n) is 5.94. The van der Waals surface area contributed by atoms with Gasteiger partial charge in [-0.3, -0.25) is 0 Å². The first-order valence-electron chi connectivity index (χ1n) is 9.46. The molecule has 2 heterocycles. The van der Waals surface area contributed by atoms with Gasteiger partial charge in [0.05, 0.1) is 13.2 Å². The number of piperidine rings is 1. The highest BCUT2D eigenvalue weighted by Gasteiger charge is 2.38. The van der Waals surface area contributed by atoms with Gasteiger partial charge in [-0.25, -0.2) is 0 Å². The molecule has 1 saturated heterocycles. The molecule has 1 N–H and O–H groups in total. The van der Waals surface area contributed by atoms with Gasteiger partial charge >= 0.3 is 0 Å². The fraction of sp³-hybridized carbons (Fsp3) is 0.455. The molecule has 0 aromatic heterocycles. The summed E-state index contributed by atoms with van der Waals surface area (Å²) in [6, 6.07) is 16.3. The standard InChI is InChI=1S/C22H29N3O/c1-24(2)16-7-5-15(6-8-16)22-18-10-9-17(26-4)13-19(18)20-14-25(3)12-11-21(20)23-22/h5-10,13,20-23H,11-12,14H2,1-4H3. The van der Waals surface area contributed by atoms with Crippen LogP contribution in [0.25, 0.3) is 0 Å². The average Bonchev–Trinajstić information content (AvgIpc) is 2.67. The van der Waals surface area contributed by atoms with Crippen LogP contribution in [0.4, 0.5) is 5.69 Å². The molecule has 0 radical (unpaired) electrons. The van der Waals surface area contributed by atoms with Crippen molar-refractivity contribution in [3.05, 3.63) is 59.2 Å². The van der Waals surface area contributed by atoms with E-state index < -0.39 is 0 Å². The van der Waals surface area contributed by atoms with Crippen LogP contribution in [0, 0.1) is 0 Å². The van der Waals surface area contributed by atoms with Crippen molar-refractivity contribution in [1.82, 2.24) is 10.2 Å². The zero-order valence-electron chi connectivity index (χ0n) is 16.2. The highest BCUT2D eigenvalue weighted by molar-refractivity contribution is 5.51. The van der Waals surface area contributed by atoms with Gasteiger partial charge in [0.25, 0.3) is 0 Å². The molecule has 2 aliphatic heterocycles. The second-order valence-corrected chi connectivity index (χ2v) is 7.84. The van der Waals surface area contributed by atoms with Crippen molar-refractivity contribution < 1.29 is 4.74 Å². The molecule has 0 spiro atoms. The van der Waals surface area contributed by atoms with Crippen LogP contribution in [-0.4, -0.2) is 52.3 Å². The molecule has 1 fully saturated rings. The number of nitrogens with zero attached hydrogens (tertiary/aromatic N) is 2. The van der Waals surface area contributed by atoms with Crippen molar-refractivity contribution in [2.75, 3.05) is 46.2 Å². The maximum absolute atomic E-state index is 5.53. The van der Waals surface area contributed by atoms with Crippen molar-refractivity contribution in [1.29, 1.82) is 0 Å². The Bertz CT molecular complexity index is 771. The number of likely N-dealkylation sites (tertiary alicyclic amines) is 1. The molecule has 3 unspecified atom stereocenters. The van der Waals surface area contributed by atoms with Gasteiger partial charge in [0, 0.05) is 38.3 Å². The van der Waals surface area contributed by atoms with Crippen LogP contribution in [0.5, 0.6) is 5.75 Å². The summed E-state index contributed by atoms with van der Waals surface area (Å²) >= 11 is 0. The number of hydrogen-bond donors (Lipinski definition) is 1. The summed E-state index contributed by atoms with van der Waals surface area (Å²) in [7, 11) is 8.14. The minimum Gasteiger partial charge on any atom is -0.497 e. The zero-order valence-corrected chi connectivity index (χ0v) is 16.2. The van der Waals surface area contributed by atoms with Crippen molar-refractivity contribution >= 4 is 5.69 Å². The highest BCUT2D eigenvalue weighted by Crippen LogP contribution is 2.41. The van der Waals surface area contributed by atoms with Crippen LogP contribution in [0.1, 0.15) is 35.1 Å². The molecule has 138 valence electrons. The molecule has 0 aliphatic carbocycles. The van der Waals surface area contributed by atoms with Crippen LogP contribution in [0.3, 0.4) is 0 Å². The molecule has 26 heavy (non-hydrogen) atoms. The Labute approximate surface area is 156 Å². The zero-order chi connectivity index (χ0) is 18.3. The monoisotopic (exact) mass is 351 g/mol. The van der Waals surface area contributed by atoms with Crippen LogP contribution in [0.15, 0.2) is 42.5 Å². The molecule has 2 aliphatic rings. The average molecular weight is 351 g/mol. The minimum absolute atomic E-state index is 0.247. The number of anilines is 1. The maximum atomic E-state index is 5.53. The number of hydrogen-bond acceptors (Lipinski definition) is 4. The lowest BCUT2D eigenvalue weighted by Crippen LogP contribution is -2.51. The molecule has 3 atom stereocenters. The van der Waals surface area contributed by atoms with Crippen molar-refractivity contribution in [2.24, 2.45) is 0 Å². The van der Waals surface area contributed by atoms with Crippen molar-refractivity contribution in [2.45, 2.75) is 24.4 Å². The van der Waals surface area contributed by atoms with Gasteiger partial charge in [-0.1, -0.05) is 18.2 Å². The van der Waals surface area contributed by atoms with Crippen LogP contribution in [0.2, 0.25) is 0 Å². The van der Waals surface area contributed by atoms with Gasteiger partial charge < -0.3 is 19.9 Å². The highest BCUT2D eigenvalue weighted by atomic mass is 16.5. The lowest BCUT2D eigenvalue weighted by atomic mass is 9.76. The van der Waals surface area contributed by atoms with Gasteiger partial charge in [-0.15, -0.1) is 0 Å². The third-order valence-corrected chi connectivity index (χ3v) is 5.94. The largest absolute Gasteiger partial charge is 0.497 e. The molecule has 2 aromatic carbocycles. The van der Waals surface area contributed by atoms with Gasteiger partial charge in [-0.05, 0) is 61.0 Å². The summed E-state index contributed by atoms with van der Waals surface area (Å²) in [5.74, 6) is 1.48. The maximum Gasteiger partial charge on any atom is 0.119 e. The first kappa shape index (κ1) is 17.4. The van der Waals surface area contributed by atoms with Gasteiger partial charge in [0.15, 0.2) is 0 Å². The second-order valence-electron chi connectivity index (χ2n) is 7.84. The molecular formula is C22H29N3O. The second kappa shape index (κ2) is 6.93. The van der Waals surface area contributed by atoms with E-state index in [4.69, 9.17) is 4.74 Å². The number of ether oxygens (including phenoxy) is 1. The minimum atomic E-state index is 0.247. The smallest absolute Gasteiger partial charge is 0.119 e. The molecule has 0 saturated carbocycles. The lowest BCUT2D eigenvalue weighted by molar-refractivity contribution is 0.190. The summed E-state index contributed by atoms with van der Waals surface area (Å²) in [6.07, 6.45) is 1.18. The molecule has 0 bridgehead atoms. The summed E-state index contributed by atoms with van der Waals surface area (Å²) in [5.41, 5.74) is 5.40. The third kappa shape index (κ3) is 3.08. The molecule has 4 rings (SSSR count). The van der Waals surface area contributed by atoms with E-state index in [0.29, 0.717) is 12.0 Å². The van der Waals surface area contributed by atoms with Gasteiger partial charge in [-0.2, -0.15) is 0 Å². The first-order chi connectivity index (χ1) is 12.6. The molecule has 4 nitrogen and oxygen atoms in total. The normalized spacial score (nSPS) is 25.3. The Morgan fingerprint density at radius 3 is 2.54 bits per heavy atom. The van der Waals surface area contributed by atoms with Gasteiger partial charge in [0.1, 0.15) is 5.75 Å². The van der Waals surface area contributed by atoms with E-state index in [2.05, 4.69) is 78.7 Å². The quantitative estimate of drug-likeness (QED) is 0.919. The number of benzene rings is 2. The number of methoxy groups -OCH3 is 1. The van der Waals surface area contributed by atoms with E-state index in [1.165, 1.54) is 28.8 Å². The lowest BCUT2D eigenvalue weighted by Gasteiger charge is -2.45. The van der Waals surface area contributed by atoms with Crippen molar-refractivity contribution in [3.8, 4) is 5.75 Å². The van der Waals surface area contributed by atoms with Crippen molar-refractivity contribution in [3.63, 3.8) is 0 Å². The number of nitrogens with one attached hydrogen (secondary N) is 1. The molecule has 2 aromatic rings. The van der Waals surface area contributed by atoms with Crippen LogP contribution in [-0.2, 0) is 0 Å². The fourth-order valence-corrected chi connectivity index (χ4v) is 4.44. The van der Waals surface area contributed by atoms with E-state index in [-0.39, 0.29) is 6.04 Å². The summed E-state index contributed by atoms with van der Waals surface area (Å²) in [6.45, 7) is 2.25. The van der Waals surface area contributed by atoms with Crippen LogP contribution < -0.4 is 15.0 Å².